The lowest BCUT2D eigenvalue weighted by Gasteiger charge is -2.05. The summed E-state index contributed by atoms with van der Waals surface area (Å²) >= 11 is 0. The molecule has 0 atom stereocenters. The second kappa shape index (κ2) is 5.88. The van der Waals surface area contributed by atoms with Crippen LogP contribution in [-0.2, 0) is 0 Å². The highest BCUT2D eigenvalue weighted by Gasteiger charge is 2.19. The predicted molar refractivity (Wildman–Crippen MR) is 63.1 cm³/mol. The molecule has 0 N–H and O–H groups in total. The van der Waals surface area contributed by atoms with Crippen molar-refractivity contribution in [3.8, 4) is 5.75 Å². The Morgan fingerprint density at radius 2 is 2.06 bits per heavy atom. The van der Waals surface area contributed by atoms with Crippen molar-refractivity contribution >= 4 is 0 Å². The second-order valence-electron chi connectivity index (χ2n) is 4.60. The highest BCUT2D eigenvalue weighted by Crippen LogP contribution is 2.33. The fourth-order valence-corrected chi connectivity index (χ4v) is 1.87. The summed E-state index contributed by atoms with van der Waals surface area (Å²) in [6, 6.07) is 6.34. The van der Waals surface area contributed by atoms with E-state index < -0.39 is 0 Å². The van der Waals surface area contributed by atoms with Gasteiger partial charge in [-0.3, -0.25) is 0 Å². The third-order valence-electron chi connectivity index (χ3n) is 3.02. The van der Waals surface area contributed by atoms with Crippen LogP contribution in [0.4, 0.5) is 4.39 Å². The maximum absolute atomic E-state index is 12.8. The number of hydrogen-bond acceptors (Lipinski definition) is 1. The van der Waals surface area contributed by atoms with Gasteiger partial charge in [0, 0.05) is 6.07 Å². The SMILES string of the molecule is Fc1cccc(OCCCCCC2CC2)c1. The van der Waals surface area contributed by atoms with Crippen molar-refractivity contribution in [3.63, 3.8) is 0 Å². The van der Waals surface area contributed by atoms with Gasteiger partial charge in [0.1, 0.15) is 11.6 Å². The second-order valence-corrected chi connectivity index (χ2v) is 4.60. The van der Waals surface area contributed by atoms with Gasteiger partial charge in [0.15, 0.2) is 0 Å². The van der Waals surface area contributed by atoms with Crippen LogP contribution in [0.15, 0.2) is 24.3 Å². The van der Waals surface area contributed by atoms with Gasteiger partial charge in [0.2, 0.25) is 0 Å². The van der Waals surface area contributed by atoms with Crippen LogP contribution in [0.25, 0.3) is 0 Å². The monoisotopic (exact) mass is 222 g/mol. The van der Waals surface area contributed by atoms with E-state index in [0.29, 0.717) is 12.4 Å². The average molecular weight is 222 g/mol. The molecule has 1 nitrogen and oxygen atoms in total. The van der Waals surface area contributed by atoms with E-state index in [4.69, 9.17) is 4.74 Å². The fourth-order valence-electron chi connectivity index (χ4n) is 1.87. The number of unbranched alkanes of at least 4 members (excludes halogenated alkanes) is 2. The Bertz CT molecular complexity index is 320. The van der Waals surface area contributed by atoms with Crippen molar-refractivity contribution in [2.24, 2.45) is 5.92 Å². The molecule has 16 heavy (non-hydrogen) atoms. The molecule has 1 aliphatic carbocycles. The van der Waals surface area contributed by atoms with Gasteiger partial charge in [0.25, 0.3) is 0 Å². The minimum absolute atomic E-state index is 0.230. The molecule has 0 spiro atoms. The summed E-state index contributed by atoms with van der Waals surface area (Å²) < 4.78 is 18.3. The van der Waals surface area contributed by atoms with E-state index in [1.807, 2.05) is 0 Å². The van der Waals surface area contributed by atoms with Gasteiger partial charge in [-0.2, -0.15) is 0 Å². The molecule has 2 heteroatoms. The summed E-state index contributed by atoms with van der Waals surface area (Å²) in [5.41, 5.74) is 0. The van der Waals surface area contributed by atoms with Crippen LogP contribution in [0.1, 0.15) is 38.5 Å². The molecule has 1 saturated carbocycles. The predicted octanol–water partition coefficient (Wildman–Crippen LogP) is 4.17. The number of hydrogen-bond donors (Lipinski definition) is 0. The standard InChI is InChI=1S/C14H19FO/c15-13-6-4-7-14(11-13)16-10-3-1-2-5-12-8-9-12/h4,6-7,11-12H,1-3,5,8-10H2. The van der Waals surface area contributed by atoms with Gasteiger partial charge in [-0.1, -0.05) is 38.2 Å². The van der Waals surface area contributed by atoms with Crippen molar-refractivity contribution in [3.05, 3.63) is 30.1 Å². The third-order valence-corrected chi connectivity index (χ3v) is 3.02. The van der Waals surface area contributed by atoms with E-state index in [1.165, 1.54) is 44.2 Å². The first kappa shape index (κ1) is 11.4. The third kappa shape index (κ3) is 4.21. The molecule has 1 fully saturated rings. The summed E-state index contributed by atoms with van der Waals surface area (Å²) in [7, 11) is 0. The topological polar surface area (TPSA) is 9.23 Å². The Hall–Kier alpha value is -1.05. The van der Waals surface area contributed by atoms with Crippen LogP contribution in [0.3, 0.4) is 0 Å². The maximum Gasteiger partial charge on any atom is 0.126 e. The summed E-state index contributed by atoms with van der Waals surface area (Å²) in [6.45, 7) is 0.702. The van der Waals surface area contributed by atoms with Gasteiger partial charge in [-0.25, -0.2) is 4.39 Å². The molecule has 1 aliphatic rings. The average Bonchev–Trinajstić information content (AvgIpc) is 3.07. The Morgan fingerprint density at radius 1 is 1.19 bits per heavy atom. The van der Waals surface area contributed by atoms with Crippen molar-refractivity contribution in [2.45, 2.75) is 38.5 Å². The minimum atomic E-state index is -0.230. The van der Waals surface area contributed by atoms with Crippen LogP contribution >= 0.6 is 0 Å². The molecule has 0 aromatic heterocycles. The van der Waals surface area contributed by atoms with Crippen LogP contribution in [0.2, 0.25) is 0 Å². The highest BCUT2D eigenvalue weighted by atomic mass is 19.1. The van der Waals surface area contributed by atoms with Crippen molar-refractivity contribution < 1.29 is 9.13 Å². The van der Waals surface area contributed by atoms with Crippen molar-refractivity contribution in [1.29, 1.82) is 0 Å². The molecule has 0 amide bonds. The molecule has 0 aliphatic heterocycles. The smallest absolute Gasteiger partial charge is 0.126 e. The molecule has 0 unspecified atom stereocenters. The summed E-state index contributed by atoms with van der Waals surface area (Å²) in [5.74, 6) is 1.44. The van der Waals surface area contributed by atoms with Gasteiger partial charge < -0.3 is 4.74 Å². The molecule has 1 aromatic carbocycles. The molecular weight excluding hydrogens is 203 g/mol. The zero-order valence-electron chi connectivity index (χ0n) is 9.62. The van der Waals surface area contributed by atoms with Crippen LogP contribution < -0.4 is 4.74 Å². The first-order valence-corrected chi connectivity index (χ1v) is 6.23. The molecule has 0 heterocycles. The fraction of sp³-hybridized carbons (Fsp3) is 0.571. The summed E-state index contributed by atoms with van der Waals surface area (Å²) in [6.07, 6.45) is 7.89. The zero-order valence-corrected chi connectivity index (χ0v) is 9.62. The first-order valence-electron chi connectivity index (χ1n) is 6.23. The van der Waals surface area contributed by atoms with Crippen LogP contribution in [0, 0.1) is 11.7 Å². The van der Waals surface area contributed by atoms with E-state index in [-0.39, 0.29) is 5.82 Å². The lowest BCUT2D eigenvalue weighted by molar-refractivity contribution is 0.302. The molecule has 88 valence electrons. The number of benzene rings is 1. The van der Waals surface area contributed by atoms with Crippen molar-refractivity contribution in [2.75, 3.05) is 6.61 Å². The Morgan fingerprint density at radius 3 is 2.81 bits per heavy atom. The number of rotatable bonds is 7. The summed E-state index contributed by atoms with van der Waals surface area (Å²) in [5, 5.41) is 0. The largest absolute Gasteiger partial charge is 0.493 e. The van der Waals surface area contributed by atoms with Crippen molar-refractivity contribution in [1.82, 2.24) is 0 Å². The zero-order chi connectivity index (χ0) is 11.2. The Kier molecular flexibility index (Phi) is 4.20. The highest BCUT2D eigenvalue weighted by molar-refractivity contribution is 5.22. The number of ether oxygens (including phenoxy) is 1. The van der Waals surface area contributed by atoms with Gasteiger partial charge in [-0.05, 0) is 24.5 Å². The van der Waals surface area contributed by atoms with Crippen LogP contribution in [0.5, 0.6) is 5.75 Å². The minimum Gasteiger partial charge on any atom is -0.493 e. The Labute approximate surface area is 96.6 Å². The Balaban J connectivity index is 1.53. The normalized spacial score (nSPS) is 15.1. The van der Waals surface area contributed by atoms with Gasteiger partial charge in [-0.15, -0.1) is 0 Å². The van der Waals surface area contributed by atoms with E-state index in [0.717, 1.165) is 12.3 Å². The van der Waals surface area contributed by atoms with Gasteiger partial charge in [0.05, 0.1) is 6.61 Å². The molecule has 0 saturated heterocycles. The molecular formula is C14H19FO. The van der Waals surface area contributed by atoms with Crippen LogP contribution in [-0.4, -0.2) is 6.61 Å². The number of halogens is 1. The van der Waals surface area contributed by atoms with E-state index in [9.17, 15) is 4.39 Å². The van der Waals surface area contributed by atoms with E-state index in [2.05, 4.69) is 0 Å². The van der Waals surface area contributed by atoms with Gasteiger partial charge >= 0.3 is 0 Å². The van der Waals surface area contributed by atoms with E-state index >= 15 is 0 Å². The molecule has 0 bridgehead atoms. The molecule has 1 aromatic rings. The molecule has 2 rings (SSSR count). The maximum atomic E-state index is 12.8. The lowest BCUT2D eigenvalue weighted by atomic mass is 10.1. The van der Waals surface area contributed by atoms with E-state index in [1.54, 1.807) is 12.1 Å². The molecule has 0 radical (unpaired) electrons. The summed E-state index contributed by atoms with van der Waals surface area (Å²) in [4.78, 5) is 0. The quantitative estimate of drug-likeness (QED) is 0.629. The lowest BCUT2D eigenvalue weighted by Crippen LogP contribution is -1.97. The first-order chi connectivity index (χ1) is 7.84.